The van der Waals surface area contributed by atoms with Crippen molar-refractivity contribution < 1.29 is 4.74 Å². The van der Waals surface area contributed by atoms with Gasteiger partial charge in [-0.05, 0) is 33.6 Å². The third-order valence-corrected chi connectivity index (χ3v) is 4.11. The molecule has 1 unspecified atom stereocenters. The molecule has 0 aromatic heterocycles. The summed E-state index contributed by atoms with van der Waals surface area (Å²) in [6.45, 7) is 4.07. The number of benzene rings is 1. The average molecular weight is 320 g/mol. The van der Waals surface area contributed by atoms with Gasteiger partial charge in [-0.1, -0.05) is 17.7 Å². The molecule has 1 atom stereocenters. The van der Waals surface area contributed by atoms with Crippen LogP contribution in [-0.4, -0.2) is 37.2 Å². The fourth-order valence-corrected chi connectivity index (χ4v) is 2.41. The maximum atomic E-state index is 6.08. The van der Waals surface area contributed by atoms with E-state index in [1.165, 1.54) is 5.56 Å². The van der Waals surface area contributed by atoms with Gasteiger partial charge >= 0.3 is 0 Å². The van der Waals surface area contributed by atoms with Crippen LogP contribution in [0, 0.1) is 0 Å². The smallest absolute Gasteiger partial charge is 0.0824 e. The number of nitrogens with zero attached hydrogens (tertiary/aromatic N) is 1. The minimum atomic E-state index is 0.162. The van der Waals surface area contributed by atoms with Gasteiger partial charge in [0.2, 0.25) is 0 Å². The van der Waals surface area contributed by atoms with Crippen molar-refractivity contribution in [1.29, 1.82) is 0 Å². The maximum absolute atomic E-state index is 6.08. The third-order valence-electron chi connectivity index (χ3n) is 2.88. The molecule has 0 aliphatic carbocycles. The van der Waals surface area contributed by atoms with E-state index in [1.807, 2.05) is 12.1 Å². The quantitative estimate of drug-likeness (QED) is 0.929. The van der Waals surface area contributed by atoms with Gasteiger partial charge in [-0.2, -0.15) is 0 Å². The molecule has 1 saturated heterocycles. The van der Waals surface area contributed by atoms with Crippen LogP contribution < -0.4 is 5.73 Å². The number of hydrogen-bond acceptors (Lipinski definition) is 3. The minimum Gasteiger partial charge on any atom is -0.374 e. The second kappa shape index (κ2) is 6.16. The zero-order valence-corrected chi connectivity index (χ0v) is 11.9. The molecule has 0 spiro atoms. The molecule has 1 aromatic rings. The zero-order valence-electron chi connectivity index (χ0n) is 9.53. The first-order valence-corrected chi connectivity index (χ1v) is 6.84. The molecule has 2 N–H and O–H groups in total. The van der Waals surface area contributed by atoms with Crippen molar-refractivity contribution >= 4 is 27.5 Å². The van der Waals surface area contributed by atoms with Gasteiger partial charge in [0.1, 0.15) is 0 Å². The van der Waals surface area contributed by atoms with Crippen molar-refractivity contribution in [2.75, 3.05) is 26.2 Å². The second-order valence-electron chi connectivity index (χ2n) is 4.21. The molecule has 1 aromatic carbocycles. The number of rotatable bonds is 3. The van der Waals surface area contributed by atoms with E-state index >= 15 is 0 Å². The first-order chi connectivity index (χ1) is 8.19. The highest BCUT2D eigenvalue weighted by Gasteiger charge is 2.19. The van der Waals surface area contributed by atoms with Crippen LogP contribution in [0.25, 0.3) is 0 Å². The fraction of sp³-hybridized carbons (Fsp3) is 0.500. The Kier molecular flexibility index (Phi) is 4.82. The molecular weight excluding hydrogens is 304 g/mol. The summed E-state index contributed by atoms with van der Waals surface area (Å²) in [4.78, 5) is 2.35. The van der Waals surface area contributed by atoms with Crippen LogP contribution in [0.5, 0.6) is 0 Å². The lowest BCUT2D eigenvalue weighted by Crippen LogP contribution is -2.45. The van der Waals surface area contributed by atoms with E-state index < -0.39 is 0 Å². The Labute approximate surface area is 115 Å². The third kappa shape index (κ3) is 3.66. The van der Waals surface area contributed by atoms with Gasteiger partial charge in [0.25, 0.3) is 0 Å². The molecule has 1 heterocycles. The van der Waals surface area contributed by atoms with E-state index in [0.717, 1.165) is 35.7 Å². The molecule has 1 fully saturated rings. The average Bonchev–Trinajstić information content (AvgIpc) is 2.34. The van der Waals surface area contributed by atoms with Crippen molar-refractivity contribution in [1.82, 2.24) is 4.90 Å². The summed E-state index contributed by atoms with van der Waals surface area (Å²) in [5.41, 5.74) is 6.84. The summed E-state index contributed by atoms with van der Waals surface area (Å²) in [7, 11) is 0. The number of ether oxygens (including phenoxy) is 1. The van der Waals surface area contributed by atoms with E-state index in [9.17, 15) is 0 Å². The normalized spacial score (nSPS) is 21.7. The molecular formula is C12H16BrClN2O. The van der Waals surface area contributed by atoms with Gasteiger partial charge in [0.15, 0.2) is 0 Å². The predicted octanol–water partition coefficient (Wildman–Crippen LogP) is 2.26. The molecule has 2 rings (SSSR count). The van der Waals surface area contributed by atoms with E-state index in [1.54, 1.807) is 0 Å². The largest absolute Gasteiger partial charge is 0.374 e. The minimum absolute atomic E-state index is 0.162. The number of morpholine rings is 1. The highest BCUT2D eigenvalue weighted by Crippen LogP contribution is 2.24. The van der Waals surface area contributed by atoms with Crippen LogP contribution in [0.15, 0.2) is 22.7 Å². The predicted molar refractivity (Wildman–Crippen MR) is 73.2 cm³/mol. The van der Waals surface area contributed by atoms with Crippen molar-refractivity contribution in [2.45, 2.75) is 12.6 Å². The van der Waals surface area contributed by atoms with E-state index in [0.29, 0.717) is 6.54 Å². The molecule has 17 heavy (non-hydrogen) atoms. The summed E-state index contributed by atoms with van der Waals surface area (Å²) in [6, 6.07) is 6.07. The van der Waals surface area contributed by atoms with Crippen LogP contribution in [0.4, 0.5) is 0 Å². The fourth-order valence-electron chi connectivity index (χ4n) is 1.96. The molecule has 0 bridgehead atoms. The molecule has 0 saturated carbocycles. The van der Waals surface area contributed by atoms with Crippen molar-refractivity contribution in [2.24, 2.45) is 5.73 Å². The number of nitrogens with two attached hydrogens (primary N) is 1. The number of hydrogen-bond donors (Lipinski definition) is 1. The van der Waals surface area contributed by atoms with Gasteiger partial charge in [0, 0.05) is 30.7 Å². The van der Waals surface area contributed by atoms with Crippen molar-refractivity contribution in [3.05, 3.63) is 33.3 Å². The first kappa shape index (κ1) is 13.3. The topological polar surface area (TPSA) is 38.5 Å². The maximum Gasteiger partial charge on any atom is 0.0824 e. The summed E-state index contributed by atoms with van der Waals surface area (Å²) in [5, 5.41) is 0.756. The number of halogens is 2. The lowest BCUT2D eigenvalue weighted by molar-refractivity contribution is -0.0260. The molecule has 94 valence electrons. The second-order valence-corrected chi connectivity index (χ2v) is 5.47. The standard InChI is InChI=1S/C12H16BrClN2O/c13-11-2-1-9(5-12(11)14)7-16-3-4-17-10(6-15)8-16/h1-2,5,10H,3-4,6-8,15H2. The Morgan fingerprint density at radius 1 is 1.53 bits per heavy atom. The summed E-state index contributed by atoms with van der Waals surface area (Å²) >= 11 is 9.47. The van der Waals surface area contributed by atoms with Crippen LogP contribution in [0.1, 0.15) is 5.56 Å². The lowest BCUT2D eigenvalue weighted by Gasteiger charge is -2.32. The summed E-state index contributed by atoms with van der Waals surface area (Å²) in [6.07, 6.45) is 0.162. The molecule has 0 amide bonds. The Hall–Kier alpha value is -0.130. The van der Waals surface area contributed by atoms with Crippen LogP contribution in [0.2, 0.25) is 5.02 Å². The van der Waals surface area contributed by atoms with Gasteiger partial charge in [-0.25, -0.2) is 0 Å². The summed E-state index contributed by atoms with van der Waals surface area (Å²) < 4.78 is 6.47. The van der Waals surface area contributed by atoms with Gasteiger partial charge in [-0.15, -0.1) is 0 Å². The van der Waals surface area contributed by atoms with Gasteiger partial charge < -0.3 is 10.5 Å². The monoisotopic (exact) mass is 318 g/mol. The van der Waals surface area contributed by atoms with Crippen LogP contribution in [0.3, 0.4) is 0 Å². The zero-order chi connectivity index (χ0) is 12.3. The molecule has 3 nitrogen and oxygen atoms in total. The molecule has 1 aliphatic rings. The van der Waals surface area contributed by atoms with Crippen molar-refractivity contribution in [3.8, 4) is 0 Å². The lowest BCUT2D eigenvalue weighted by atomic mass is 10.2. The van der Waals surface area contributed by atoms with Gasteiger partial charge in [0.05, 0.1) is 17.7 Å². The first-order valence-electron chi connectivity index (χ1n) is 5.67. The molecule has 0 radical (unpaired) electrons. The Morgan fingerprint density at radius 3 is 3.06 bits per heavy atom. The molecule has 1 aliphatic heterocycles. The van der Waals surface area contributed by atoms with Crippen LogP contribution >= 0.6 is 27.5 Å². The Bertz CT molecular complexity index is 389. The SMILES string of the molecule is NCC1CN(Cc2ccc(Br)c(Cl)c2)CCO1. The van der Waals surface area contributed by atoms with Gasteiger partial charge in [-0.3, -0.25) is 4.90 Å². The highest BCUT2D eigenvalue weighted by atomic mass is 79.9. The van der Waals surface area contributed by atoms with Crippen LogP contribution in [-0.2, 0) is 11.3 Å². The van der Waals surface area contributed by atoms with E-state index in [4.69, 9.17) is 22.1 Å². The molecule has 5 heteroatoms. The van der Waals surface area contributed by atoms with E-state index in [2.05, 4.69) is 26.9 Å². The summed E-state index contributed by atoms with van der Waals surface area (Å²) in [5.74, 6) is 0. The Balaban J connectivity index is 1.97. The van der Waals surface area contributed by atoms with Crippen molar-refractivity contribution in [3.63, 3.8) is 0 Å². The van der Waals surface area contributed by atoms with E-state index in [-0.39, 0.29) is 6.10 Å². The Morgan fingerprint density at radius 2 is 2.35 bits per heavy atom. The highest BCUT2D eigenvalue weighted by molar-refractivity contribution is 9.10.